The maximum atomic E-state index is 10.8. The van der Waals surface area contributed by atoms with Crippen LogP contribution in [0, 0.1) is 6.92 Å². The topological polar surface area (TPSA) is 176 Å². The number of carbonyl (C=O) groups is 1. The van der Waals surface area contributed by atoms with Gasteiger partial charge in [0.25, 0.3) is 0 Å². The van der Waals surface area contributed by atoms with Crippen LogP contribution in [-0.4, -0.2) is 61.3 Å². The number of carboxylic acids is 1. The Morgan fingerprint density at radius 3 is 2.84 bits per heavy atom. The minimum absolute atomic E-state index is 0.156. The van der Waals surface area contributed by atoms with Gasteiger partial charge in [-0.25, -0.2) is 4.57 Å². The summed E-state index contributed by atoms with van der Waals surface area (Å²) in [5.41, 5.74) is 6.24. The van der Waals surface area contributed by atoms with Gasteiger partial charge in [0, 0.05) is 41.6 Å². The number of hydrogen-bond donors (Lipinski definition) is 5. The van der Waals surface area contributed by atoms with Crippen molar-refractivity contribution in [1.82, 2.24) is 4.98 Å². The second-order valence-electron chi connectivity index (χ2n) is 4.95. The van der Waals surface area contributed by atoms with Gasteiger partial charge >= 0.3 is 13.8 Å². The Balaban J connectivity index is 2.68. The third-order valence-electron chi connectivity index (χ3n) is 2.95. The second-order valence-corrected chi connectivity index (χ2v) is 7.34. The lowest BCUT2D eigenvalue weighted by Gasteiger charge is -2.10. The van der Waals surface area contributed by atoms with Gasteiger partial charge in [0.05, 0.1) is 12.3 Å². The van der Waals surface area contributed by atoms with E-state index in [1.165, 1.54) is 24.2 Å². The molecule has 0 spiro atoms. The number of aryl methyl sites for hydroxylation is 1. The summed E-state index contributed by atoms with van der Waals surface area (Å²) in [6.45, 7) is 1.48. The molecule has 12 heteroatoms. The Morgan fingerprint density at radius 2 is 2.24 bits per heavy atom. The van der Waals surface area contributed by atoms with Gasteiger partial charge < -0.3 is 25.7 Å². The molecule has 0 aromatic carbocycles. The molecule has 1 rings (SSSR count). The maximum Gasteiger partial charge on any atom is 0.469 e. The molecule has 0 aliphatic rings. The predicted octanol–water partition coefficient (Wildman–Crippen LogP) is 0.269. The number of pyridine rings is 1. The lowest BCUT2D eigenvalue weighted by atomic mass is 10.1. The Labute approximate surface area is 148 Å². The van der Waals surface area contributed by atoms with E-state index in [-0.39, 0.29) is 22.6 Å². The van der Waals surface area contributed by atoms with Gasteiger partial charge in [0.1, 0.15) is 11.8 Å². The Hall–Kier alpha value is -1.49. The molecule has 0 amide bonds. The van der Waals surface area contributed by atoms with Crippen molar-refractivity contribution in [2.24, 2.45) is 10.7 Å². The number of rotatable bonds is 10. The molecule has 1 aromatic rings. The van der Waals surface area contributed by atoms with E-state index in [2.05, 4.69) is 14.5 Å². The highest BCUT2D eigenvalue weighted by Gasteiger charge is 2.17. The second kappa shape index (κ2) is 9.85. The molecule has 25 heavy (non-hydrogen) atoms. The molecule has 1 heterocycles. The van der Waals surface area contributed by atoms with Crippen LogP contribution in [0.25, 0.3) is 0 Å². The van der Waals surface area contributed by atoms with Gasteiger partial charge in [-0.3, -0.25) is 19.3 Å². The van der Waals surface area contributed by atoms with Crippen LogP contribution in [0.2, 0.25) is 0 Å². The van der Waals surface area contributed by atoms with Crippen molar-refractivity contribution in [3.63, 3.8) is 0 Å². The summed E-state index contributed by atoms with van der Waals surface area (Å²) in [4.78, 5) is 36.1. The molecular weight excluding hydrogens is 373 g/mol. The minimum atomic E-state index is -4.65. The number of aliphatic imine (C=N–C) groups is 1. The van der Waals surface area contributed by atoms with E-state index in [1.54, 1.807) is 6.92 Å². The highest BCUT2D eigenvalue weighted by Crippen LogP contribution is 2.37. The zero-order valence-electron chi connectivity index (χ0n) is 13.4. The van der Waals surface area contributed by atoms with Crippen LogP contribution in [0.15, 0.2) is 11.2 Å². The summed E-state index contributed by atoms with van der Waals surface area (Å²) in [5, 5.41) is 18.7. The molecule has 0 unspecified atom stereocenters. The number of carboxylic acid groups (broad SMARTS) is 1. The summed E-state index contributed by atoms with van der Waals surface area (Å²) < 4.78 is 15.2. The van der Waals surface area contributed by atoms with E-state index < -0.39 is 26.4 Å². The molecule has 1 aromatic heterocycles. The highest BCUT2D eigenvalue weighted by molar-refractivity contribution is 7.99. The standard InChI is InChI=1S/C13H20N3O7PS/c1-8-12(17)10(9(4-16-8)6-23-24(20,21)22)5-15-2-3-25-7-11(14)13(18)19/h4-5,11,17H,2-3,6-7,14H2,1H3,(H,18,19)(H2,20,21,22)/t11-/m0/s1. The fraction of sp³-hybridized carbons (Fsp3) is 0.462. The molecule has 0 saturated carbocycles. The molecule has 0 bridgehead atoms. The monoisotopic (exact) mass is 393 g/mol. The summed E-state index contributed by atoms with van der Waals surface area (Å²) in [6, 6.07) is -0.933. The Kier molecular flexibility index (Phi) is 8.50. The van der Waals surface area contributed by atoms with Gasteiger partial charge in [0.2, 0.25) is 0 Å². The van der Waals surface area contributed by atoms with Crippen LogP contribution in [0.4, 0.5) is 0 Å². The first kappa shape index (κ1) is 21.6. The van der Waals surface area contributed by atoms with E-state index in [0.29, 0.717) is 18.0 Å². The van der Waals surface area contributed by atoms with E-state index in [0.717, 1.165) is 0 Å². The molecular formula is C13H20N3O7PS. The number of phosphoric acid groups is 1. The number of phosphoric ester groups is 1. The lowest BCUT2D eigenvalue weighted by Crippen LogP contribution is -2.32. The Morgan fingerprint density at radius 1 is 1.56 bits per heavy atom. The van der Waals surface area contributed by atoms with E-state index in [1.807, 2.05) is 0 Å². The number of aliphatic carboxylic acids is 1. The molecule has 0 fully saturated rings. The summed E-state index contributed by atoms with van der Waals surface area (Å²) >= 11 is 1.33. The van der Waals surface area contributed by atoms with Crippen LogP contribution in [0.5, 0.6) is 5.75 Å². The SMILES string of the molecule is Cc1ncc(COP(=O)(O)O)c(C=NCCSC[C@H](N)C(=O)O)c1O. The van der Waals surface area contributed by atoms with Crippen LogP contribution in [0.3, 0.4) is 0 Å². The number of hydrogen-bond acceptors (Lipinski definition) is 8. The van der Waals surface area contributed by atoms with Crippen molar-refractivity contribution in [1.29, 1.82) is 0 Å². The summed E-state index contributed by atoms with van der Waals surface area (Å²) in [7, 11) is -4.65. The number of nitrogens with two attached hydrogens (primary N) is 1. The fourth-order valence-electron chi connectivity index (χ4n) is 1.62. The van der Waals surface area contributed by atoms with Gasteiger partial charge in [-0.2, -0.15) is 11.8 Å². The molecule has 10 nitrogen and oxygen atoms in total. The molecule has 0 radical (unpaired) electrons. The fourth-order valence-corrected chi connectivity index (χ4v) is 2.72. The van der Waals surface area contributed by atoms with E-state index >= 15 is 0 Å². The van der Waals surface area contributed by atoms with Crippen LogP contribution < -0.4 is 5.73 Å². The third-order valence-corrected chi connectivity index (χ3v) is 4.48. The number of aromatic hydroxyl groups is 1. The quantitative estimate of drug-likeness (QED) is 0.211. The smallest absolute Gasteiger partial charge is 0.469 e. The average molecular weight is 393 g/mol. The Bertz CT molecular complexity index is 680. The van der Waals surface area contributed by atoms with Crippen molar-refractivity contribution < 1.29 is 33.9 Å². The zero-order chi connectivity index (χ0) is 19.0. The van der Waals surface area contributed by atoms with Crippen LogP contribution in [0.1, 0.15) is 16.8 Å². The number of thioether (sulfide) groups is 1. The molecule has 0 saturated heterocycles. The van der Waals surface area contributed by atoms with Crippen LogP contribution in [-0.2, 0) is 20.5 Å². The van der Waals surface area contributed by atoms with Crippen molar-refractivity contribution in [3.8, 4) is 5.75 Å². The molecule has 6 N–H and O–H groups in total. The van der Waals surface area contributed by atoms with Crippen LogP contribution >= 0.6 is 19.6 Å². The maximum absolute atomic E-state index is 10.8. The molecule has 0 aliphatic carbocycles. The van der Waals surface area contributed by atoms with Gasteiger partial charge in [0.15, 0.2) is 0 Å². The average Bonchev–Trinajstić information content (AvgIpc) is 2.52. The van der Waals surface area contributed by atoms with Crippen molar-refractivity contribution >= 4 is 31.8 Å². The van der Waals surface area contributed by atoms with E-state index in [4.69, 9.17) is 20.6 Å². The number of aromatic nitrogens is 1. The normalized spacial score (nSPS) is 13.3. The van der Waals surface area contributed by atoms with E-state index in [9.17, 15) is 14.5 Å². The van der Waals surface area contributed by atoms with Gasteiger partial charge in [-0.1, -0.05) is 0 Å². The first-order valence-electron chi connectivity index (χ1n) is 7.05. The number of nitrogens with zero attached hydrogens (tertiary/aromatic N) is 2. The third kappa shape index (κ3) is 7.95. The highest BCUT2D eigenvalue weighted by atomic mass is 32.2. The first-order valence-corrected chi connectivity index (χ1v) is 9.73. The molecule has 0 aliphatic heterocycles. The minimum Gasteiger partial charge on any atom is -0.505 e. The predicted molar refractivity (Wildman–Crippen MR) is 92.9 cm³/mol. The first-order chi connectivity index (χ1) is 11.6. The van der Waals surface area contributed by atoms with Gasteiger partial charge in [-0.15, -0.1) is 0 Å². The summed E-state index contributed by atoms with van der Waals surface area (Å²) in [6.07, 6.45) is 2.70. The lowest BCUT2D eigenvalue weighted by molar-refractivity contribution is -0.137. The van der Waals surface area contributed by atoms with Crippen molar-refractivity contribution in [2.75, 3.05) is 18.1 Å². The van der Waals surface area contributed by atoms with Crippen molar-refractivity contribution in [2.45, 2.75) is 19.6 Å². The van der Waals surface area contributed by atoms with Crippen molar-refractivity contribution in [3.05, 3.63) is 23.0 Å². The zero-order valence-corrected chi connectivity index (χ0v) is 15.1. The largest absolute Gasteiger partial charge is 0.505 e. The van der Waals surface area contributed by atoms with Gasteiger partial charge in [-0.05, 0) is 6.92 Å². The summed E-state index contributed by atoms with van der Waals surface area (Å²) in [5.74, 6) is -0.443. The molecule has 1 atom stereocenters. The molecule has 140 valence electrons.